The molecule has 0 aliphatic carbocycles. The SMILES string of the molecule is CC(=O)NS(=O)(=O)c1cnccc1N1CCN(c2cccc(Cl)c2)CC1. The molecule has 2 aromatic rings. The smallest absolute Gasteiger partial charge is 0.267 e. The summed E-state index contributed by atoms with van der Waals surface area (Å²) in [7, 11) is -3.95. The summed E-state index contributed by atoms with van der Waals surface area (Å²) in [5, 5.41) is 0.683. The van der Waals surface area contributed by atoms with Gasteiger partial charge in [-0.3, -0.25) is 9.78 Å². The Labute approximate surface area is 157 Å². The summed E-state index contributed by atoms with van der Waals surface area (Å²) in [4.78, 5) is 19.3. The number of nitrogens with one attached hydrogen (secondary N) is 1. The number of carbonyl (C=O) groups is 1. The van der Waals surface area contributed by atoms with Crippen LogP contribution < -0.4 is 14.5 Å². The van der Waals surface area contributed by atoms with Crippen molar-refractivity contribution >= 4 is 38.9 Å². The molecule has 1 fully saturated rings. The van der Waals surface area contributed by atoms with E-state index in [1.165, 1.54) is 6.20 Å². The van der Waals surface area contributed by atoms with Crippen LogP contribution in [-0.2, 0) is 14.8 Å². The lowest BCUT2D eigenvalue weighted by molar-refractivity contribution is -0.117. The standard InChI is InChI=1S/C17H19ClN4O3S/c1-13(23)20-26(24,25)17-12-19-6-5-16(17)22-9-7-21(8-10-22)15-4-2-3-14(18)11-15/h2-6,11-12H,7-10H2,1H3,(H,20,23). The second-order valence-corrected chi connectivity index (χ2v) is 8.05. The van der Waals surface area contributed by atoms with Crippen LogP contribution in [0.1, 0.15) is 6.92 Å². The maximum atomic E-state index is 12.4. The number of pyridine rings is 1. The molecule has 0 radical (unpaired) electrons. The summed E-state index contributed by atoms with van der Waals surface area (Å²) >= 11 is 6.06. The summed E-state index contributed by atoms with van der Waals surface area (Å²) in [6, 6.07) is 9.31. The fourth-order valence-electron chi connectivity index (χ4n) is 2.96. The minimum absolute atomic E-state index is 0.00593. The van der Waals surface area contributed by atoms with Crippen LogP contribution in [0.4, 0.5) is 11.4 Å². The number of piperazine rings is 1. The molecular formula is C17H19ClN4O3S. The Kier molecular flexibility index (Phi) is 5.33. The summed E-state index contributed by atoms with van der Waals surface area (Å²) < 4.78 is 26.8. The van der Waals surface area contributed by atoms with Gasteiger partial charge in [0.1, 0.15) is 4.90 Å². The number of amides is 1. The first kappa shape index (κ1) is 18.5. The number of anilines is 2. The van der Waals surface area contributed by atoms with Gasteiger partial charge in [0.15, 0.2) is 0 Å². The van der Waals surface area contributed by atoms with Crippen LogP contribution in [0.25, 0.3) is 0 Å². The first-order valence-electron chi connectivity index (χ1n) is 8.10. The maximum absolute atomic E-state index is 12.4. The van der Waals surface area contributed by atoms with Crippen molar-refractivity contribution in [3.63, 3.8) is 0 Å². The molecule has 1 N–H and O–H groups in total. The van der Waals surface area contributed by atoms with Crippen molar-refractivity contribution in [2.24, 2.45) is 0 Å². The monoisotopic (exact) mass is 394 g/mol. The van der Waals surface area contributed by atoms with Crippen molar-refractivity contribution in [1.29, 1.82) is 0 Å². The number of hydrogen-bond acceptors (Lipinski definition) is 6. The molecule has 9 heteroatoms. The van der Waals surface area contributed by atoms with E-state index in [9.17, 15) is 13.2 Å². The lowest BCUT2D eigenvalue weighted by Gasteiger charge is -2.38. The van der Waals surface area contributed by atoms with Gasteiger partial charge < -0.3 is 9.80 Å². The van der Waals surface area contributed by atoms with Crippen molar-refractivity contribution in [2.45, 2.75) is 11.8 Å². The van der Waals surface area contributed by atoms with E-state index in [1.807, 2.05) is 33.9 Å². The normalized spacial score (nSPS) is 15.0. The van der Waals surface area contributed by atoms with Gasteiger partial charge in [0.25, 0.3) is 10.0 Å². The molecule has 3 rings (SSSR count). The molecule has 1 aromatic heterocycles. The lowest BCUT2D eigenvalue weighted by Crippen LogP contribution is -2.47. The number of benzene rings is 1. The third-order valence-electron chi connectivity index (χ3n) is 4.12. The number of nitrogens with zero attached hydrogens (tertiary/aromatic N) is 3. The largest absolute Gasteiger partial charge is 0.368 e. The Morgan fingerprint density at radius 3 is 2.50 bits per heavy atom. The van der Waals surface area contributed by atoms with Gasteiger partial charge in [0, 0.05) is 56.2 Å². The number of aromatic nitrogens is 1. The van der Waals surface area contributed by atoms with Gasteiger partial charge in [-0.15, -0.1) is 0 Å². The quantitative estimate of drug-likeness (QED) is 0.852. The highest BCUT2D eigenvalue weighted by Gasteiger charge is 2.25. The Morgan fingerprint density at radius 2 is 1.85 bits per heavy atom. The third kappa shape index (κ3) is 4.08. The average Bonchev–Trinajstić information content (AvgIpc) is 2.61. The molecule has 0 bridgehead atoms. The van der Waals surface area contributed by atoms with Crippen LogP contribution in [0.5, 0.6) is 0 Å². The average molecular weight is 395 g/mol. The van der Waals surface area contributed by atoms with Gasteiger partial charge in [0.05, 0.1) is 5.69 Å². The fraction of sp³-hybridized carbons (Fsp3) is 0.294. The predicted molar refractivity (Wildman–Crippen MR) is 101 cm³/mol. The minimum Gasteiger partial charge on any atom is -0.368 e. The zero-order chi connectivity index (χ0) is 18.7. The van der Waals surface area contributed by atoms with Gasteiger partial charge in [-0.1, -0.05) is 17.7 Å². The van der Waals surface area contributed by atoms with Crippen molar-refractivity contribution in [3.8, 4) is 0 Å². The van der Waals surface area contributed by atoms with E-state index in [1.54, 1.807) is 12.3 Å². The minimum atomic E-state index is -3.95. The van der Waals surface area contributed by atoms with Crippen LogP contribution in [0.15, 0.2) is 47.6 Å². The van der Waals surface area contributed by atoms with Crippen molar-refractivity contribution in [1.82, 2.24) is 9.71 Å². The molecule has 0 spiro atoms. The fourth-order valence-corrected chi connectivity index (χ4v) is 4.31. The van der Waals surface area contributed by atoms with E-state index in [0.717, 1.165) is 25.7 Å². The summed E-state index contributed by atoms with van der Waals surface area (Å²) in [6.45, 7) is 3.89. The van der Waals surface area contributed by atoms with E-state index in [2.05, 4.69) is 9.88 Å². The lowest BCUT2D eigenvalue weighted by atomic mass is 10.2. The zero-order valence-corrected chi connectivity index (χ0v) is 15.8. The molecule has 1 amide bonds. The van der Waals surface area contributed by atoms with E-state index < -0.39 is 15.9 Å². The Bertz CT molecular complexity index is 912. The van der Waals surface area contributed by atoms with Crippen molar-refractivity contribution < 1.29 is 13.2 Å². The topological polar surface area (TPSA) is 82.6 Å². The molecule has 0 saturated carbocycles. The number of sulfonamides is 1. The molecule has 7 nitrogen and oxygen atoms in total. The first-order chi connectivity index (χ1) is 12.4. The summed E-state index contributed by atoms with van der Waals surface area (Å²) in [5.41, 5.74) is 1.58. The van der Waals surface area contributed by atoms with Gasteiger partial charge in [-0.25, -0.2) is 13.1 Å². The molecular weight excluding hydrogens is 376 g/mol. The number of hydrogen-bond donors (Lipinski definition) is 1. The molecule has 0 unspecified atom stereocenters. The van der Waals surface area contributed by atoms with E-state index >= 15 is 0 Å². The number of carbonyl (C=O) groups excluding carboxylic acids is 1. The van der Waals surface area contributed by atoms with Crippen LogP contribution in [0, 0.1) is 0 Å². The Morgan fingerprint density at radius 1 is 1.15 bits per heavy atom. The molecule has 1 aromatic carbocycles. The second kappa shape index (κ2) is 7.51. The maximum Gasteiger partial charge on any atom is 0.267 e. The second-order valence-electron chi connectivity index (χ2n) is 5.96. The molecule has 1 saturated heterocycles. The third-order valence-corrected chi connectivity index (χ3v) is 5.81. The van der Waals surface area contributed by atoms with Crippen LogP contribution in [0.2, 0.25) is 5.02 Å². The Balaban J connectivity index is 1.79. The van der Waals surface area contributed by atoms with Crippen molar-refractivity contribution in [3.05, 3.63) is 47.7 Å². The van der Waals surface area contributed by atoms with Crippen LogP contribution in [-0.4, -0.2) is 45.5 Å². The molecule has 1 aliphatic rings. The van der Waals surface area contributed by atoms with E-state index in [4.69, 9.17) is 11.6 Å². The number of rotatable bonds is 4. The molecule has 26 heavy (non-hydrogen) atoms. The molecule has 138 valence electrons. The van der Waals surface area contributed by atoms with Gasteiger partial charge in [0.2, 0.25) is 5.91 Å². The number of halogens is 1. The summed E-state index contributed by atoms with van der Waals surface area (Å²) in [6.07, 6.45) is 2.81. The highest BCUT2D eigenvalue weighted by molar-refractivity contribution is 7.90. The van der Waals surface area contributed by atoms with Gasteiger partial charge >= 0.3 is 0 Å². The highest BCUT2D eigenvalue weighted by atomic mass is 35.5. The molecule has 1 aliphatic heterocycles. The van der Waals surface area contributed by atoms with Crippen molar-refractivity contribution in [2.75, 3.05) is 36.0 Å². The zero-order valence-electron chi connectivity index (χ0n) is 14.2. The van der Waals surface area contributed by atoms with E-state index in [-0.39, 0.29) is 4.90 Å². The van der Waals surface area contributed by atoms with Crippen LogP contribution >= 0.6 is 11.6 Å². The highest BCUT2D eigenvalue weighted by Crippen LogP contribution is 2.27. The molecule has 2 heterocycles. The first-order valence-corrected chi connectivity index (χ1v) is 9.96. The van der Waals surface area contributed by atoms with Gasteiger partial charge in [-0.05, 0) is 24.3 Å². The Hall–Kier alpha value is -2.32. The van der Waals surface area contributed by atoms with Gasteiger partial charge in [-0.2, -0.15) is 0 Å². The van der Waals surface area contributed by atoms with Crippen LogP contribution in [0.3, 0.4) is 0 Å². The summed E-state index contributed by atoms with van der Waals surface area (Å²) in [5.74, 6) is -0.634. The predicted octanol–water partition coefficient (Wildman–Crippen LogP) is 1.89. The van der Waals surface area contributed by atoms with E-state index in [0.29, 0.717) is 23.8 Å². The molecule has 0 atom stereocenters.